The predicted molar refractivity (Wildman–Crippen MR) is 60.3 cm³/mol. The summed E-state index contributed by atoms with van der Waals surface area (Å²) in [7, 11) is 0. The van der Waals surface area contributed by atoms with Gasteiger partial charge in [-0.05, 0) is 25.8 Å². The minimum Gasteiger partial charge on any atom is -0.391 e. The highest BCUT2D eigenvalue weighted by Crippen LogP contribution is 2.01. The molecule has 0 saturated heterocycles. The van der Waals surface area contributed by atoms with E-state index in [2.05, 4.69) is 6.92 Å². The minimum atomic E-state index is -0.316. The summed E-state index contributed by atoms with van der Waals surface area (Å²) < 4.78 is 5.38. The number of hydrogen-bond acceptors (Lipinski definition) is 2. The second-order valence-corrected chi connectivity index (χ2v) is 3.32. The average molecular weight is 198 g/mol. The van der Waals surface area contributed by atoms with Gasteiger partial charge in [-0.1, -0.05) is 31.6 Å². The Morgan fingerprint density at radius 1 is 1.43 bits per heavy atom. The summed E-state index contributed by atoms with van der Waals surface area (Å²) in [5.74, 6) is 0. The third kappa shape index (κ3) is 6.87. The Bertz CT molecular complexity index is 183. The first-order valence-electron chi connectivity index (χ1n) is 5.28. The molecule has 82 valence electrons. The Labute approximate surface area is 87.3 Å². The smallest absolute Gasteiger partial charge is 0.0773 e. The Morgan fingerprint density at radius 3 is 2.64 bits per heavy atom. The van der Waals surface area contributed by atoms with Crippen LogP contribution in [0.3, 0.4) is 0 Å². The molecule has 0 radical (unpaired) electrons. The van der Waals surface area contributed by atoms with Gasteiger partial charge in [0.15, 0.2) is 0 Å². The molecule has 2 nitrogen and oxygen atoms in total. The van der Waals surface area contributed by atoms with Crippen LogP contribution >= 0.6 is 0 Å². The maximum absolute atomic E-state index is 9.40. The van der Waals surface area contributed by atoms with Crippen LogP contribution in [-0.4, -0.2) is 24.4 Å². The third-order valence-electron chi connectivity index (χ3n) is 1.95. The van der Waals surface area contributed by atoms with Gasteiger partial charge in [-0.15, -0.1) is 0 Å². The molecule has 0 amide bonds. The van der Waals surface area contributed by atoms with Gasteiger partial charge in [0.05, 0.1) is 19.3 Å². The van der Waals surface area contributed by atoms with Gasteiger partial charge in [-0.2, -0.15) is 0 Å². The zero-order valence-corrected chi connectivity index (χ0v) is 9.49. The topological polar surface area (TPSA) is 29.5 Å². The van der Waals surface area contributed by atoms with Crippen LogP contribution < -0.4 is 0 Å². The number of aliphatic hydroxyl groups is 1. The monoisotopic (exact) mass is 198 g/mol. The third-order valence-corrected chi connectivity index (χ3v) is 1.95. The van der Waals surface area contributed by atoms with Gasteiger partial charge >= 0.3 is 0 Å². The molecule has 0 aromatic heterocycles. The summed E-state index contributed by atoms with van der Waals surface area (Å²) in [5.41, 5.74) is 1.15. The van der Waals surface area contributed by atoms with Crippen LogP contribution in [0.4, 0.5) is 0 Å². The van der Waals surface area contributed by atoms with Gasteiger partial charge in [-0.3, -0.25) is 0 Å². The van der Waals surface area contributed by atoms with Gasteiger partial charge in [0.25, 0.3) is 0 Å². The normalized spacial score (nSPS) is 15.0. The van der Waals surface area contributed by atoms with E-state index in [0.717, 1.165) is 18.4 Å². The van der Waals surface area contributed by atoms with E-state index in [4.69, 9.17) is 4.74 Å². The summed E-state index contributed by atoms with van der Waals surface area (Å²) in [6.07, 6.45) is 7.52. The van der Waals surface area contributed by atoms with Crippen LogP contribution in [0.15, 0.2) is 23.8 Å². The largest absolute Gasteiger partial charge is 0.391 e. The molecule has 0 aliphatic rings. The Balaban J connectivity index is 3.61. The standard InChI is InChI=1S/C12H22O2/c1-4-7-11(6-3)9-14-10-12(13)8-5-2/h4,6-7,12-13H,5,8-10H2,1-3H3/b7-4-,11-6+. The molecule has 14 heavy (non-hydrogen) atoms. The van der Waals surface area contributed by atoms with Crippen molar-refractivity contribution < 1.29 is 9.84 Å². The number of aliphatic hydroxyl groups excluding tert-OH is 1. The molecule has 0 heterocycles. The van der Waals surface area contributed by atoms with Gasteiger partial charge in [-0.25, -0.2) is 0 Å². The molecule has 0 aromatic rings. The molecule has 0 rings (SSSR count). The summed E-state index contributed by atoms with van der Waals surface area (Å²) in [6, 6.07) is 0. The van der Waals surface area contributed by atoms with Crippen molar-refractivity contribution in [1.82, 2.24) is 0 Å². The summed E-state index contributed by atoms with van der Waals surface area (Å²) in [4.78, 5) is 0. The van der Waals surface area contributed by atoms with Crippen LogP contribution in [0.1, 0.15) is 33.6 Å². The summed E-state index contributed by atoms with van der Waals surface area (Å²) >= 11 is 0. The molecule has 0 aliphatic heterocycles. The second-order valence-electron chi connectivity index (χ2n) is 3.32. The van der Waals surface area contributed by atoms with E-state index in [1.165, 1.54) is 0 Å². The van der Waals surface area contributed by atoms with Crippen LogP contribution in [0.5, 0.6) is 0 Å². The number of hydrogen-bond donors (Lipinski definition) is 1. The van der Waals surface area contributed by atoms with Crippen LogP contribution in [0, 0.1) is 0 Å². The Hall–Kier alpha value is -0.600. The first-order chi connectivity index (χ1) is 6.74. The lowest BCUT2D eigenvalue weighted by atomic mass is 10.2. The lowest BCUT2D eigenvalue weighted by molar-refractivity contribution is 0.0424. The van der Waals surface area contributed by atoms with Crippen molar-refractivity contribution in [3.05, 3.63) is 23.8 Å². The fraction of sp³-hybridized carbons (Fsp3) is 0.667. The molecule has 0 aromatic carbocycles. The maximum atomic E-state index is 9.40. The van der Waals surface area contributed by atoms with Gasteiger partial charge in [0, 0.05) is 0 Å². The predicted octanol–water partition coefficient (Wildman–Crippen LogP) is 2.69. The van der Waals surface area contributed by atoms with Gasteiger partial charge < -0.3 is 9.84 Å². The number of allylic oxidation sites excluding steroid dienone is 2. The molecule has 1 N–H and O–H groups in total. The lowest BCUT2D eigenvalue weighted by Gasteiger charge is -2.10. The highest BCUT2D eigenvalue weighted by molar-refractivity contribution is 5.17. The Morgan fingerprint density at radius 2 is 2.14 bits per heavy atom. The van der Waals surface area contributed by atoms with Crippen molar-refractivity contribution >= 4 is 0 Å². The van der Waals surface area contributed by atoms with E-state index >= 15 is 0 Å². The molecule has 0 fully saturated rings. The molecule has 0 bridgehead atoms. The maximum Gasteiger partial charge on any atom is 0.0773 e. The first kappa shape index (κ1) is 13.4. The van der Waals surface area contributed by atoms with Crippen LogP contribution in [0.25, 0.3) is 0 Å². The van der Waals surface area contributed by atoms with Crippen molar-refractivity contribution in [1.29, 1.82) is 0 Å². The molecule has 2 heteroatoms. The van der Waals surface area contributed by atoms with Crippen molar-refractivity contribution in [2.45, 2.75) is 39.7 Å². The fourth-order valence-corrected chi connectivity index (χ4v) is 1.17. The molecular weight excluding hydrogens is 176 g/mol. The fourth-order valence-electron chi connectivity index (χ4n) is 1.17. The van der Waals surface area contributed by atoms with E-state index in [1.54, 1.807) is 0 Å². The van der Waals surface area contributed by atoms with Gasteiger partial charge in [0.2, 0.25) is 0 Å². The first-order valence-corrected chi connectivity index (χ1v) is 5.28. The average Bonchev–Trinajstić information content (AvgIpc) is 2.17. The number of rotatable bonds is 7. The summed E-state index contributed by atoms with van der Waals surface area (Å²) in [6.45, 7) is 7.04. The SMILES string of the molecule is C/C=C\C(=C/C)COCC(O)CCC. The zero-order valence-electron chi connectivity index (χ0n) is 9.49. The Kier molecular flexibility index (Phi) is 8.59. The van der Waals surface area contributed by atoms with Crippen molar-refractivity contribution in [3.8, 4) is 0 Å². The van der Waals surface area contributed by atoms with E-state index in [9.17, 15) is 5.11 Å². The van der Waals surface area contributed by atoms with Crippen LogP contribution in [0.2, 0.25) is 0 Å². The molecule has 1 atom stereocenters. The van der Waals surface area contributed by atoms with E-state index in [0.29, 0.717) is 13.2 Å². The van der Waals surface area contributed by atoms with E-state index in [-0.39, 0.29) is 6.10 Å². The molecule has 0 aliphatic carbocycles. The van der Waals surface area contributed by atoms with Gasteiger partial charge in [0.1, 0.15) is 0 Å². The van der Waals surface area contributed by atoms with E-state index in [1.807, 2.05) is 32.1 Å². The van der Waals surface area contributed by atoms with E-state index < -0.39 is 0 Å². The molecule has 0 saturated carbocycles. The van der Waals surface area contributed by atoms with Crippen LogP contribution in [-0.2, 0) is 4.74 Å². The molecule has 0 spiro atoms. The van der Waals surface area contributed by atoms with Crippen molar-refractivity contribution in [2.75, 3.05) is 13.2 Å². The molecule has 1 unspecified atom stereocenters. The minimum absolute atomic E-state index is 0.316. The highest BCUT2D eigenvalue weighted by Gasteiger charge is 2.02. The highest BCUT2D eigenvalue weighted by atomic mass is 16.5. The lowest BCUT2D eigenvalue weighted by Crippen LogP contribution is -2.15. The summed E-state index contributed by atoms with van der Waals surface area (Å²) in [5, 5.41) is 9.40. The zero-order chi connectivity index (χ0) is 10.8. The van der Waals surface area contributed by atoms with Crippen molar-refractivity contribution in [3.63, 3.8) is 0 Å². The van der Waals surface area contributed by atoms with Crippen molar-refractivity contribution in [2.24, 2.45) is 0 Å². The second kappa shape index (κ2) is 8.97. The quantitative estimate of drug-likeness (QED) is 0.637. The molecular formula is C12H22O2. The number of ether oxygens (including phenoxy) is 1.